The summed E-state index contributed by atoms with van der Waals surface area (Å²) in [6.07, 6.45) is 3.80. The van der Waals surface area contributed by atoms with Crippen molar-refractivity contribution in [1.29, 1.82) is 0 Å². The minimum Gasteiger partial charge on any atom is -0.383 e. The molecule has 0 unspecified atom stereocenters. The number of halogens is 1. The first-order valence-corrected chi connectivity index (χ1v) is 8.29. The molecule has 3 rings (SSSR count). The number of fused-ring (bicyclic) bond motifs is 1. The Bertz CT molecular complexity index is 638. The first-order chi connectivity index (χ1) is 10.7. The summed E-state index contributed by atoms with van der Waals surface area (Å²) in [5.74, 6) is 0.861. The standard InChI is InChI=1S/C14H21BrN6O/c1-20-14-11(12(15)19-20)13(16-9-17-14)18-10-3-5-21(6-4-10)7-8-22-2/h9-10H,3-8H2,1-2H3,(H,16,17,18). The average molecular weight is 369 g/mol. The first-order valence-electron chi connectivity index (χ1n) is 7.50. The van der Waals surface area contributed by atoms with Crippen LogP contribution in [0.5, 0.6) is 0 Å². The number of rotatable bonds is 5. The van der Waals surface area contributed by atoms with E-state index in [1.807, 2.05) is 7.05 Å². The highest BCUT2D eigenvalue weighted by Crippen LogP contribution is 2.28. The van der Waals surface area contributed by atoms with E-state index in [1.165, 1.54) is 0 Å². The summed E-state index contributed by atoms with van der Waals surface area (Å²) in [6.45, 7) is 3.98. The summed E-state index contributed by atoms with van der Waals surface area (Å²) < 4.78 is 7.69. The summed E-state index contributed by atoms with van der Waals surface area (Å²) in [5.41, 5.74) is 0.835. The van der Waals surface area contributed by atoms with Crippen LogP contribution in [0.4, 0.5) is 5.82 Å². The van der Waals surface area contributed by atoms with Crippen molar-refractivity contribution in [3.8, 4) is 0 Å². The number of ether oxygens (including phenoxy) is 1. The van der Waals surface area contributed by atoms with Crippen LogP contribution in [0.2, 0.25) is 0 Å². The molecule has 0 amide bonds. The predicted octanol–water partition coefficient (Wildman–Crippen LogP) is 1.65. The van der Waals surface area contributed by atoms with Crippen LogP contribution < -0.4 is 5.32 Å². The van der Waals surface area contributed by atoms with Crippen molar-refractivity contribution in [2.75, 3.05) is 38.7 Å². The zero-order chi connectivity index (χ0) is 15.5. The summed E-state index contributed by atoms with van der Waals surface area (Å²) in [4.78, 5) is 11.1. The summed E-state index contributed by atoms with van der Waals surface area (Å²) >= 11 is 3.50. The third kappa shape index (κ3) is 3.23. The molecule has 22 heavy (non-hydrogen) atoms. The van der Waals surface area contributed by atoms with Crippen LogP contribution >= 0.6 is 15.9 Å². The normalized spacial score (nSPS) is 17.2. The van der Waals surface area contributed by atoms with E-state index in [0.717, 1.165) is 60.5 Å². The number of aryl methyl sites for hydroxylation is 1. The SMILES string of the molecule is COCCN1CCC(Nc2ncnc3c2c(Br)nn3C)CC1. The number of likely N-dealkylation sites (tertiary alicyclic amines) is 1. The van der Waals surface area contributed by atoms with E-state index in [0.29, 0.717) is 6.04 Å². The van der Waals surface area contributed by atoms with Gasteiger partial charge in [0, 0.05) is 39.8 Å². The minimum absolute atomic E-state index is 0.434. The highest BCUT2D eigenvalue weighted by atomic mass is 79.9. The molecular weight excluding hydrogens is 348 g/mol. The maximum Gasteiger partial charge on any atom is 0.164 e. The number of nitrogens with zero attached hydrogens (tertiary/aromatic N) is 5. The average Bonchev–Trinajstić information content (AvgIpc) is 2.82. The lowest BCUT2D eigenvalue weighted by Crippen LogP contribution is -2.40. The molecule has 1 saturated heterocycles. The highest BCUT2D eigenvalue weighted by Gasteiger charge is 2.21. The van der Waals surface area contributed by atoms with Gasteiger partial charge in [0.1, 0.15) is 16.7 Å². The molecule has 0 spiro atoms. The molecule has 2 aromatic rings. The van der Waals surface area contributed by atoms with Gasteiger partial charge in [0.05, 0.1) is 12.0 Å². The van der Waals surface area contributed by atoms with Crippen molar-refractivity contribution in [3.05, 3.63) is 10.9 Å². The van der Waals surface area contributed by atoms with Gasteiger partial charge in [0.2, 0.25) is 0 Å². The van der Waals surface area contributed by atoms with E-state index in [4.69, 9.17) is 4.74 Å². The Morgan fingerprint density at radius 1 is 1.36 bits per heavy atom. The Balaban J connectivity index is 1.67. The molecule has 2 aromatic heterocycles. The molecular formula is C14H21BrN6O. The van der Waals surface area contributed by atoms with Gasteiger partial charge in [-0.05, 0) is 28.8 Å². The summed E-state index contributed by atoms with van der Waals surface area (Å²) in [7, 11) is 3.64. The Morgan fingerprint density at radius 3 is 2.86 bits per heavy atom. The number of hydrogen-bond acceptors (Lipinski definition) is 6. The molecule has 8 heteroatoms. The van der Waals surface area contributed by atoms with Gasteiger partial charge in [-0.1, -0.05) is 0 Å². The van der Waals surface area contributed by atoms with Crippen molar-refractivity contribution in [2.45, 2.75) is 18.9 Å². The van der Waals surface area contributed by atoms with Crippen LogP contribution in [-0.4, -0.2) is 64.0 Å². The molecule has 0 bridgehead atoms. The fourth-order valence-corrected chi connectivity index (χ4v) is 3.47. The second-order valence-electron chi connectivity index (χ2n) is 5.59. The van der Waals surface area contributed by atoms with Gasteiger partial charge in [-0.3, -0.25) is 0 Å². The quantitative estimate of drug-likeness (QED) is 0.865. The largest absolute Gasteiger partial charge is 0.383 e. The Hall–Kier alpha value is -1.25. The van der Waals surface area contributed by atoms with Gasteiger partial charge in [0.25, 0.3) is 0 Å². The minimum atomic E-state index is 0.434. The maximum atomic E-state index is 5.14. The molecule has 0 radical (unpaired) electrons. The summed E-state index contributed by atoms with van der Waals surface area (Å²) in [5, 5.41) is 8.87. The topological polar surface area (TPSA) is 68.1 Å². The highest BCUT2D eigenvalue weighted by molar-refractivity contribution is 9.10. The molecule has 0 aromatic carbocycles. The van der Waals surface area contributed by atoms with Gasteiger partial charge in [-0.25, -0.2) is 14.6 Å². The molecule has 1 N–H and O–H groups in total. The molecule has 3 heterocycles. The second-order valence-corrected chi connectivity index (χ2v) is 6.34. The van der Waals surface area contributed by atoms with Crippen LogP contribution in [0.1, 0.15) is 12.8 Å². The third-order valence-corrected chi connectivity index (χ3v) is 4.67. The number of piperidine rings is 1. The number of anilines is 1. The monoisotopic (exact) mass is 368 g/mol. The van der Waals surface area contributed by atoms with E-state index in [2.05, 4.69) is 41.2 Å². The molecule has 1 fully saturated rings. The van der Waals surface area contributed by atoms with E-state index < -0.39 is 0 Å². The Labute approximate surface area is 138 Å². The smallest absolute Gasteiger partial charge is 0.164 e. The van der Waals surface area contributed by atoms with Crippen molar-refractivity contribution in [3.63, 3.8) is 0 Å². The van der Waals surface area contributed by atoms with Crippen molar-refractivity contribution >= 4 is 32.8 Å². The van der Waals surface area contributed by atoms with Gasteiger partial charge in [-0.2, -0.15) is 5.10 Å². The predicted molar refractivity (Wildman–Crippen MR) is 89.0 cm³/mol. The van der Waals surface area contributed by atoms with E-state index >= 15 is 0 Å². The molecule has 1 aliphatic rings. The zero-order valence-corrected chi connectivity index (χ0v) is 14.5. The van der Waals surface area contributed by atoms with Crippen molar-refractivity contribution in [1.82, 2.24) is 24.6 Å². The lowest BCUT2D eigenvalue weighted by molar-refractivity contribution is 0.132. The van der Waals surface area contributed by atoms with E-state index in [1.54, 1.807) is 18.1 Å². The molecule has 7 nitrogen and oxygen atoms in total. The Morgan fingerprint density at radius 2 is 2.14 bits per heavy atom. The van der Waals surface area contributed by atoms with Gasteiger partial charge < -0.3 is 15.0 Å². The van der Waals surface area contributed by atoms with Crippen LogP contribution in [0.25, 0.3) is 11.0 Å². The molecule has 0 saturated carbocycles. The van der Waals surface area contributed by atoms with Crippen LogP contribution in [-0.2, 0) is 11.8 Å². The van der Waals surface area contributed by atoms with Crippen molar-refractivity contribution in [2.24, 2.45) is 7.05 Å². The maximum absolute atomic E-state index is 5.14. The fourth-order valence-electron chi connectivity index (χ4n) is 2.86. The van der Waals surface area contributed by atoms with Crippen LogP contribution in [0.15, 0.2) is 10.9 Å². The lowest BCUT2D eigenvalue weighted by Gasteiger charge is -2.32. The first kappa shape index (κ1) is 15.6. The fraction of sp³-hybridized carbons (Fsp3) is 0.643. The molecule has 120 valence electrons. The van der Waals surface area contributed by atoms with Crippen molar-refractivity contribution < 1.29 is 4.74 Å². The van der Waals surface area contributed by atoms with Crippen LogP contribution in [0, 0.1) is 0 Å². The van der Waals surface area contributed by atoms with Gasteiger partial charge >= 0.3 is 0 Å². The van der Waals surface area contributed by atoms with E-state index in [9.17, 15) is 0 Å². The van der Waals surface area contributed by atoms with Gasteiger partial charge in [-0.15, -0.1) is 0 Å². The molecule has 0 aliphatic carbocycles. The number of hydrogen-bond donors (Lipinski definition) is 1. The molecule has 0 atom stereocenters. The summed E-state index contributed by atoms with van der Waals surface area (Å²) in [6, 6.07) is 0.434. The lowest BCUT2D eigenvalue weighted by atomic mass is 10.1. The van der Waals surface area contributed by atoms with Crippen LogP contribution in [0.3, 0.4) is 0 Å². The number of methoxy groups -OCH3 is 1. The number of nitrogens with one attached hydrogen (secondary N) is 1. The zero-order valence-electron chi connectivity index (χ0n) is 12.9. The second kappa shape index (κ2) is 6.89. The Kier molecular flexibility index (Phi) is 4.90. The molecule has 1 aliphatic heterocycles. The third-order valence-electron chi connectivity index (χ3n) is 4.12. The van der Waals surface area contributed by atoms with Gasteiger partial charge in [0.15, 0.2) is 5.65 Å². The number of aromatic nitrogens is 4. The van der Waals surface area contributed by atoms with E-state index in [-0.39, 0.29) is 0 Å².